The number of hydrogen-bond acceptors (Lipinski definition) is 4. The average molecular weight is 397 g/mol. The first-order chi connectivity index (χ1) is 13.5. The molecule has 6 heteroatoms. The number of benzene rings is 2. The first-order valence-electron chi connectivity index (χ1n) is 9.65. The van der Waals surface area contributed by atoms with Crippen LogP contribution in [0.15, 0.2) is 62.0 Å². The van der Waals surface area contributed by atoms with Gasteiger partial charge in [-0.1, -0.05) is 62.0 Å². The third-order valence-corrected chi connectivity index (χ3v) is 6.20. The summed E-state index contributed by atoms with van der Waals surface area (Å²) in [5, 5.41) is 2.89. The molecule has 2 aromatic carbocycles. The largest absolute Gasteiger partial charge is 0.360 e. The van der Waals surface area contributed by atoms with Crippen LogP contribution in [0.3, 0.4) is 0 Å². The zero-order valence-electron chi connectivity index (χ0n) is 16.1. The lowest BCUT2D eigenvalue weighted by atomic mass is 10.1. The molecule has 3 aromatic rings. The molecule has 0 amide bonds. The highest BCUT2D eigenvalue weighted by Crippen LogP contribution is 2.36. The smallest absolute Gasteiger partial charge is 0.331 e. The van der Waals surface area contributed by atoms with Gasteiger partial charge in [0.25, 0.3) is 5.56 Å². The fourth-order valence-corrected chi connectivity index (χ4v) is 4.62. The van der Waals surface area contributed by atoms with Gasteiger partial charge in [0.05, 0.1) is 17.2 Å². The highest BCUT2D eigenvalue weighted by Gasteiger charge is 2.23. The predicted octanol–water partition coefficient (Wildman–Crippen LogP) is 4.35. The van der Waals surface area contributed by atoms with Crippen molar-refractivity contribution >= 4 is 22.5 Å². The average Bonchev–Trinajstić information content (AvgIpc) is 3.48. The molecule has 0 bridgehead atoms. The number of H-pyrrole nitrogens is 1. The summed E-state index contributed by atoms with van der Waals surface area (Å²) < 4.78 is 7.35. The fraction of sp³-hybridized carbons (Fsp3) is 0.364. The zero-order chi connectivity index (χ0) is 19.7. The molecule has 1 N–H and O–H groups in total. The van der Waals surface area contributed by atoms with E-state index in [0.29, 0.717) is 23.1 Å². The SMILES string of the molecule is CC(C)c1c(Sc2cccc3ccccc23)n(COCC2CC2)c(=O)[nH]c1=O. The Hall–Kier alpha value is -2.31. The van der Waals surface area contributed by atoms with Crippen LogP contribution in [-0.4, -0.2) is 16.2 Å². The Morgan fingerprint density at radius 2 is 1.89 bits per heavy atom. The van der Waals surface area contributed by atoms with Crippen molar-refractivity contribution in [3.8, 4) is 0 Å². The molecule has 0 atom stereocenters. The van der Waals surface area contributed by atoms with Crippen LogP contribution in [0.25, 0.3) is 10.8 Å². The van der Waals surface area contributed by atoms with Gasteiger partial charge in [-0.3, -0.25) is 14.3 Å². The molecule has 0 unspecified atom stereocenters. The fourth-order valence-electron chi connectivity index (χ4n) is 3.29. The Morgan fingerprint density at radius 3 is 2.64 bits per heavy atom. The van der Waals surface area contributed by atoms with Gasteiger partial charge in [-0.05, 0) is 41.5 Å². The molecule has 4 rings (SSSR count). The molecule has 1 heterocycles. The lowest BCUT2D eigenvalue weighted by molar-refractivity contribution is 0.0600. The van der Waals surface area contributed by atoms with E-state index in [1.54, 1.807) is 4.57 Å². The quantitative estimate of drug-likeness (QED) is 0.603. The van der Waals surface area contributed by atoms with Crippen molar-refractivity contribution in [2.24, 2.45) is 5.92 Å². The second-order valence-corrected chi connectivity index (χ2v) is 8.61. The Kier molecular flexibility index (Phi) is 5.42. The summed E-state index contributed by atoms with van der Waals surface area (Å²) in [4.78, 5) is 28.7. The number of nitrogens with zero attached hydrogens (tertiary/aromatic N) is 1. The Morgan fingerprint density at radius 1 is 1.14 bits per heavy atom. The number of hydrogen-bond donors (Lipinski definition) is 1. The Bertz CT molecular complexity index is 1110. The van der Waals surface area contributed by atoms with Crippen LogP contribution in [0.5, 0.6) is 0 Å². The first-order valence-corrected chi connectivity index (χ1v) is 10.5. The van der Waals surface area contributed by atoms with Crippen molar-refractivity contribution in [3.63, 3.8) is 0 Å². The van der Waals surface area contributed by atoms with Gasteiger partial charge in [0.2, 0.25) is 0 Å². The molecule has 1 aliphatic carbocycles. The summed E-state index contributed by atoms with van der Waals surface area (Å²) in [5.41, 5.74) is -0.123. The topological polar surface area (TPSA) is 64.1 Å². The highest BCUT2D eigenvalue weighted by atomic mass is 32.2. The molecule has 1 saturated carbocycles. The van der Waals surface area contributed by atoms with E-state index >= 15 is 0 Å². The summed E-state index contributed by atoms with van der Waals surface area (Å²) in [5.74, 6) is 0.591. The van der Waals surface area contributed by atoms with Crippen LogP contribution >= 0.6 is 11.8 Å². The van der Waals surface area contributed by atoms with Gasteiger partial charge in [-0.2, -0.15) is 0 Å². The van der Waals surface area contributed by atoms with Crippen LogP contribution in [0.1, 0.15) is 38.2 Å². The monoisotopic (exact) mass is 396 g/mol. The third kappa shape index (κ3) is 3.93. The van der Waals surface area contributed by atoms with Crippen molar-refractivity contribution in [1.82, 2.24) is 9.55 Å². The minimum absolute atomic E-state index is 0.0171. The van der Waals surface area contributed by atoms with E-state index in [1.807, 2.05) is 38.1 Å². The van der Waals surface area contributed by atoms with E-state index < -0.39 is 5.69 Å². The van der Waals surface area contributed by atoms with Gasteiger partial charge < -0.3 is 4.74 Å². The number of ether oxygens (including phenoxy) is 1. The minimum Gasteiger partial charge on any atom is -0.360 e. The summed E-state index contributed by atoms with van der Waals surface area (Å²) in [6.45, 7) is 4.75. The number of nitrogens with one attached hydrogen (secondary N) is 1. The summed E-state index contributed by atoms with van der Waals surface area (Å²) in [7, 11) is 0. The minimum atomic E-state index is -0.423. The van der Waals surface area contributed by atoms with Crippen LogP contribution in [0.2, 0.25) is 0 Å². The maximum absolute atomic E-state index is 12.6. The first kappa shape index (κ1) is 19.0. The molecule has 0 saturated heterocycles. The van der Waals surface area contributed by atoms with Crippen molar-refractivity contribution < 1.29 is 4.74 Å². The summed E-state index contributed by atoms with van der Waals surface area (Å²) >= 11 is 1.46. The van der Waals surface area contributed by atoms with Crippen molar-refractivity contribution in [2.45, 2.75) is 49.3 Å². The molecule has 0 radical (unpaired) electrons. The normalized spacial score (nSPS) is 14.1. The lowest BCUT2D eigenvalue weighted by Crippen LogP contribution is -2.35. The van der Waals surface area contributed by atoms with Gasteiger partial charge in [0.15, 0.2) is 0 Å². The lowest BCUT2D eigenvalue weighted by Gasteiger charge is -2.18. The molecule has 1 aromatic heterocycles. The standard InChI is InChI=1S/C22H24N2O3S/c1-14(2)19-20(25)23-22(26)24(13-27-12-15-10-11-15)21(19)28-18-9-5-7-16-6-3-4-8-17(16)18/h3-9,14-15H,10-13H2,1-2H3,(H,23,25,26). The second-order valence-electron chi connectivity index (χ2n) is 7.58. The van der Waals surface area contributed by atoms with Crippen LogP contribution in [-0.2, 0) is 11.5 Å². The number of rotatable bonds is 7. The number of aromatic nitrogens is 2. The third-order valence-electron chi connectivity index (χ3n) is 4.99. The van der Waals surface area contributed by atoms with E-state index in [-0.39, 0.29) is 18.2 Å². The molecule has 0 aliphatic heterocycles. The summed E-state index contributed by atoms with van der Waals surface area (Å²) in [6.07, 6.45) is 2.38. The van der Waals surface area contributed by atoms with Crippen LogP contribution < -0.4 is 11.2 Å². The number of fused-ring (bicyclic) bond motifs is 1. The van der Waals surface area contributed by atoms with Crippen molar-refractivity contribution in [2.75, 3.05) is 6.61 Å². The maximum Gasteiger partial charge on any atom is 0.331 e. The molecule has 28 heavy (non-hydrogen) atoms. The molecule has 1 fully saturated rings. The zero-order valence-corrected chi connectivity index (χ0v) is 16.9. The van der Waals surface area contributed by atoms with E-state index in [9.17, 15) is 9.59 Å². The van der Waals surface area contributed by atoms with Crippen LogP contribution in [0.4, 0.5) is 0 Å². The van der Waals surface area contributed by atoms with Gasteiger partial charge in [0, 0.05) is 4.90 Å². The predicted molar refractivity (Wildman–Crippen MR) is 112 cm³/mol. The van der Waals surface area contributed by atoms with E-state index in [1.165, 1.54) is 24.6 Å². The Balaban J connectivity index is 1.80. The molecular weight excluding hydrogens is 372 g/mol. The van der Waals surface area contributed by atoms with Crippen LogP contribution in [0, 0.1) is 5.92 Å². The highest BCUT2D eigenvalue weighted by molar-refractivity contribution is 7.99. The molecule has 5 nitrogen and oxygen atoms in total. The molecule has 1 aliphatic rings. The van der Waals surface area contributed by atoms with Crippen molar-refractivity contribution in [3.05, 3.63) is 68.9 Å². The van der Waals surface area contributed by atoms with Gasteiger partial charge in [-0.15, -0.1) is 0 Å². The Labute approximate surface area is 167 Å². The van der Waals surface area contributed by atoms with E-state index in [2.05, 4.69) is 23.2 Å². The molecular formula is C22H24N2O3S. The van der Waals surface area contributed by atoms with E-state index in [4.69, 9.17) is 4.74 Å². The summed E-state index contributed by atoms with van der Waals surface area (Å²) in [6, 6.07) is 14.2. The maximum atomic E-state index is 12.6. The van der Waals surface area contributed by atoms with Gasteiger partial charge in [-0.25, -0.2) is 4.79 Å². The number of aromatic amines is 1. The molecule has 0 spiro atoms. The molecule has 146 valence electrons. The van der Waals surface area contributed by atoms with Gasteiger partial charge >= 0.3 is 5.69 Å². The second kappa shape index (κ2) is 7.97. The van der Waals surface area contributed by atoms with E-state index in [0.717, 1.165) is 15.7 Å². The van der Waals surface area contributed by atoms with Crippen molar-refractivity contribution in [1.29, 1.82) is 0 Å². The van der Waals surface area contributed by atoms with Gasteiger partial charge in [0.1, 0.15) is 6.73 Å².